The summed E-state index contributed by atoms with van der Waals surface area (Å²) in [4.78, 5) is 0. The van der Waals surface area contributed by atoms with Gasteiger partial charge in [-0.1, -0.05) is 49.1 Å². The van der Waals surface area contributed by atoms with Crippen LogP contribution in [0.25, 0.3) is 0 Å². The summed E-state index contributed by atoms with van der Waals surface area (Å²) in [5.74, 6) is 1.74. The van der Waals surface area contributed by atoms with Gasteiger partial charge < -0.3 is 0 Å². The lowest BCUT2D eigenvalue weighted by Gasteiger charge is -2.21. The quantitative estimate of drug-likeness (QED) is 0.857. The molecule has 0 N–H and O–H groups in total. The molecule has 20 heavy (non-hydrogen) atoms. The second-order valence-electron chi connectivity index (χ2n) is 5.94. The van der Waals surface area contributed by atoms with Gasteiger partial charge in [-0.15, -0.1) is 5.10 Å². The van der Waals surface area contributed by atoms with Gasteiger partial charge >= 0.3 is 0 Å². The van der Waals surface area contributed by atoms with Crippen LogP contribution in [0.2, 0.25) is 0 Å². The normalized spacial score (nSPS) is 16.4. The van der Waals surface area contributed by atoms with Gasteiger partial charge in [-0.05, 0) is 41.7 Å². The molecule has 1 aromatic carbocycles. The van der Waals surface area contributed by atoms with Crippen molar-refractivity contribution in [2.75, 3.05) is 0 Å². The van der Waals surface area contributed by atoms with Gasteiger partial charge in [0.1, 0.15) is 0 Å². The Labute approximate surface area is 120 Å². The Kier molecular flexibility index (Phi) is 4.09. The molecular formula is C16H22N4. The third kappa shape index (κ3) is 3.24. The second kappa shape index (κ2) is 6.16. The molecule has 0 unspecified atom stereocenters. The van der Waals surface area contributed by atoms with E-state index in [0.717, 1.165) is 24.7 Å². The van der Waals surface area contributed by atoms with E-state index in [0.29, 0.717) is 0 Å². The van der Waals surface area contributed by atoms with Gasteiger partial charge in [0.2, 0.25) is 0 Å². The van der Waals surface area contributed by atoms with E-state index in [-0.39, 0.29) is 0 Å². The van der Waals surface area contributed by atoms with Gasteiger partial charge in [-0.25, -0.2) is 4.68 Å². The summed E-state index contributed by atoms with van der Waals surface area (Å²) >= 11 is 0. The number of hydrogen-bond donors (Lipinski definition) is 0. The Morgan fingerprint density at radius 1 is 1.10 bits per heavy atom. The molecule has 4 heteroatoms. The number of hydrogen-bond acceptors (Lipinski definition) is 3. The van der Waals surface area contributed by atoms with Crippen LogP contribution in [0, 0.1) is 12.8 Å². The average molecular weight is 270 g/mol. The molecule has 1 saturated carbocycles. The van der Waals surface area contributed by atoms with Crippen LogP contribution in [0.5, 0.6) is 0 Å². The average Bonchev–Trinajstić information content (AvgIpc) is 2.90. The molecule has 3 rings (SSSR count). The van der Waals surface area contributed by atoms with Gasteiger partial charge in [0.05, 0.1) is 0 Å². The smallest absolute Gasteiger partial charge is 0.155 e. The number of benzene rings is 1. The van der Waals surface area contributed by atoms with Crippen molar-refractivity contribution >= 4 is 0 Å². The van der Waals surface area contributed by atoms with E-state index in [1.54, 1.807) is 0 Å². The van der Waals surface area contributed by atoms with Crippen LogP contribution in [0.1, 0.15) is 49.1 Å². The van der Waals surface area contributed by atoms with E-state index in [1.807, 2.05) is 4.68 Å². The van der Waals surface area contributed by atoms with Gasteiger partial charge in [-0.2, -0.15) is 0 Å². The lowest BCUT2D eigenvalue weighted by atomic mass is 9.89. The van der Waals surface area contributed by atoms with Gasteiger partial charge in [0.25, 0.3) is 0 Å². The van der Waals surface area contributed by atoms with Crippen molar-refractivity contribution in [2.45, 2.75) is 52.0 Å². The number of tetrazole rings is 1. The second-order valence-corrected chi connectivity index (χ2v) is 5.94. The fourth-order valence-electron chi connectivity index (χ4n) is 2.99. The Bertz CT molecular complexity index is 538. The summed E-state index contributed by atoms with van der Waals surface area (Å²) in [6, 6.07) is 8.61. The standard InChI is InChI=1S/C16H22N4/c1-13-7-9-14(10-8-13)11-16-17-18-19-20(16)12-15-5-3-2-4-6-15/h7-10,15H,2-6,11-12H2,1H3. The maximum Gasteiger partial charge on any atom is 0.155 e. The molecule has 2 aromatic rings. The van der Waals surface area contributed by atoms with Gasteiger partial charge in [-0.3, -0.25) is 0 Å². The Morgan fingerprint density at radius 2 is 1.85 bits per heavy atom. The first kappa shape index (κ1) is 13.3. The first-order valence-corrected chi connectivity index (χ1v) is 7.62. The van der Waals surface area contributed by atoms with Crippen molar-refractivity contribution in [1.82, 2.24) is 20.2 Å². The minimum Gasteiger partial charge on any atom is -0.229 e. The van der Waals surface area contributed by atoms with Gasteiger partial charge in [0, 0.05) is 13.0 Å². The van der Waals surface area contributed by atoms with Crippen molar-refractivity contribution in [3.8, 4) is 0 Å². The Balaban J connectivity index is 1.68. The summed E-state index contributed by atoms with van der Waals surface area (Å²) in [7, 11) is 0. The number of aryl methyl sites for hydroxylation is 1. The van der Waals surface area contributed by atoms with Crippen LogP contribution in [-0.4, -0.2) is 20.2 Å². The summed E-state index contributed by atoms with van der Waals surface area (Å²) < 4.78 is 2.01. The lowest BCUT2D eigenvalue weighted by molar-refractivity contribution is 0.302. The van der Waals surface area contributed by atoms with Crippen molar-refractivity contribution in [3.05, 3.63) is 41.2 Å². The number of rotatable bonds is 4. The van der Waals surface area contributed by atoms with Crippen LogP contribution in [0.15, 0.2) is 24.3 Å². The molecule has 1 heterocycles. The van der Waals surface area contributed by atoms with E-state index in [2.05, 4.69) is 46.7 Å². The van der Waals surface area contributed by atoms with Crippen LogP contribution in [0.3, 0.4) is 0 Å². The zero-order chi connectivity index (χ0) is 13.8. The summed E-state index contributed by atoms with van der Waals surface area (Å²) in [5, 5.41) is 12.2. The minimum atomic E-state index is 0.754. The topological polar surface area (TPSA) is 43.6 Å². The Morgan fingerprint density at radius 3 is 2.60 bits per heavy atom. The highest BCUT2D eigenvalue weighted by Gasteiger charge is 2.16. The van der Waals surface area contributed by atoms with E-state index in [1.165, 1.54) is 43.2 Å². The predicted octanol–water partition coefficient (Wildman–Crippen LogP) is 3.15. The van der Waals surface area contributed by atoms with Crippen LogP contribution < -0.4 is 0 Å². The Hall–Kier alpha value is -1.71. The number of nitrogens with zero attached hydrogens (tertiary/aromatic N) is 4. The van der Waals surface area contributed by atoms with E-state index < -0.39 is 0 Å². The first-order valence-electron chi connectivity index (χ1n) is 7.62. The van der Waals surface area contributed by atoms with Gasteiger partial charge in [0.15, 0.2) is 5.82 Å². The lowest BCUT2D eigenvalue weighted by Crippen LogP contribution is -2.17. The SMILES string of the molecule is Cc1ccc(Cc2nnnn2CC2CCCCC2)cc1. The zero-order valence-corrected chi connectivity index (χ0v) is 12.1. The molecule has 0 radical (unpaired) electrons. The molecule has 1 aliphatic carbocycles. The summed E-state index contributed by atoms with van der Waals surface area (Å²) in [5.41, 5.74) is 2.56. The van der Waals surface area contributed by atoms with Crippen molar-refractivity contribution in [3.63, 3.8) is 0 Å². The molecule has 1 fully saturated rings. The minimum absolute atomic E-state index is 0.754. The third-order valence-corrected chi connectivity index (χ3v) is 4.24. The fourth-order valence-corrected chi connectivity index (χ4v) is 2.99. The maximum absolute atomic E-state index is 4.20. The molecule has 0 atom stereocenters. The molecule has 4 nitrogen and oxygen atoms in total. The molecule has 0 amide bonds. The molecule has 0 bridgehead atoms. The highest BCUT2D eigenvalue weighted by Crippen LogP contribution is 2.25. The molecule has 0 aliphatic heterocycles. The molecule has 0 spiro atoms. The zero-order valence-electron chi connectivity index (χ0n) is 12.1. The van der Waals surface area contributed by atoms with Crippen molar-refractivity contribution in [2.24, 2.45) is 5.92 Å². The van der Waals surface area contributed by atoms with E-state index >= 15 is 0 Å². The predicted molar refractivity (Wildman–Crippen MR) is 78.4 cm³/mol. The van der Waals surface area contributed by atoms with Crippen LogP contribution >= 0.6 is 0 Å². The molecule has 1 aromatic heterocycles. The van der Waals surface area contributed by atoms with Crippen LogP contribution in [-0.2, 0) is 13.0 Å². The van der Waals surface area contributed by atoms with E-state index in [4.69, 9.17) is 0 Å². The monoisotopic (exact) mass is 270 g/mol. The molecular weight excluding hydrogens is 248 g/mol. The molecule has 1 aliphatic rings. The number of aromatic nitrogens is 4. The third-order valence-electron chi connectivity index (χ3n) is 4.24. The van der Waals surface area contributed by atoms with Crippen LogP contribution in [0.4, 0.5) is 0 Å². The first-order chi connectivity index (χ1) is 9.81. The van der Waals surface area contributed by atoms with Crippen molar-refractivity contribution in [1.29, 1.82) is 0 Å². The summed E-state index contributed by atoms with van der Waals surface area (Å²) in [6.45, 7) is 3.09. The molecule has 0 saturated heterocycles. The van der Waals surface area contributed by atoms with E-state index in [9.17, 15) is 0 Å². The molecule has 106 valence electrons. The van der Waals surface area contributed by atoms with Crippen molar-refractivity contribution < 1.29 is 0 Å². The summed E-state index contributed by atoms with van der Waals surface area (Å²) in [6.07, 6.45) is 7.58. The fraction of sp³-hybridized carbons (Fsp3) is 0.562. The maximum atomic E-state index is 4.20. The highest BCUT2D eigenvalue weighted by atomic mass is 15.5. The highest BCUT2D eigenvalue weighted by molar-refractivity contribution is 5.23. The largest absolute Gasteiger partial charge is 0.229 e.